The Balaban J connectivity index is 1.77. The zero-order chi connectivity index (χ0) is 17.4. The highest BCUT2D eigenvalue weighted by Crippen LogP contribution is 2.13. The van der Waals surface area contributed by atoms with Crippen molar-refractivity contribution < 1.29 is 9.59 Å². The van der Waals surface area contributed by atoms with Gasteiger partial charge in [-0.1, -0.05) is 28.1 Å². The number of benzene rings is 2. The molecule has 0 aliphatic carbocycles. The van der Waals surface area contributed by atoms with Crippen LogP contribution in [0.1, 0.15) is 15.9 Å². The van der Waals surface area contributed by atoms with Crippen molar-refractivity contribution in [1.29, 1.82) is 0 Å². The van der Waals surface area contributed by atoms with Crippen LogP contribution in [0, 0.1) is 0 Å². The van der Waals surface area contributed by atoms with Crippen molar-refractivity contribution in [3.8, 4) is 0 Å². The van der Waals surface area contributed by atoms with E-state index in [-0.39, 0.29) is 12.5 Å². The van der Waals surface area contributed by atoms with Gasteiger partial charge in [-0.25, -0.2) is 5.43 Å². The van der Waals surface area contributed by atoms with Crippen LogP contribution in [0.4, 0.5) is 0 Å². The van der Waals surface area contributed by atoms with E-state index in [4.69, 9.17) is 0 Å². The van der Waals surface area contributed by atoms with Crippen LogP contribution in [0.2, 0.25) is 0 Å². The van der Waals surface area contributed by atoms with Gasteiger partial charge in [-0.05, 0) is 48.2 Å². The summed E-state index contributed by atoms with van der Waals surface area (Å²) < 4.78 is 0.886. The monoisotopic (exact) mass is 405 g/mol. The van der Waals surface area contributed by atoms with E-state index in [0.29, 0.717) is 5.56 Å². The van der Waals surface area contributed by atoms with Crippen LogP contribution in [-0.4, -0.2) is 30.8 Å². The number of hydrogen-bond donors (Lipinski definition) is 2. The Labute approximate surface area is 153 Å². The number of amides is 2. The molecule has 124 valence electrons. The highest BCUT2D eigenvalue weighted by atomic mass is 79.9. The van der Waals surface area contributed by atoms with E-state index in [0.717, 1.165) is 14.9 Å². The largest absolute Gasteiger partial charge is 0.343 e. The molecule has 2 rings (SSSR count). The normalized spacial score (nSPS) is 10.6. The maximum Gasteiger partial charge on any atom is 0.259 e. The summed E-state index contributed by atoms with van der Waals surface area (Å²) in [6.07, 6.45) is 3.56. The quantitative estimate of drug-likeness (QED) is 0.440. The lowest BCUT2D eigenvalue weighted by Crippen LogP contribution is -2.34. The van der Waals surface area contributed by atoms with Gasteiger partial charge < -0.3 is 5.32 Å². The van der Waals surface area contributed by atoms with Gasteiger partial charge in [0.05, 0.1) is 12.8 Å². The molecule has 0 unspecified atom stereocenters. The molecule has 0 fully saturated rings. The number of rotatable bonds is 6. The van der Waals surface area contributed by atoms with E-state index in [2.05, 4.69) is 31.8 Å². The summed E-state index contributed by atoms with van der Waals surface area (Å²) in [6.45, 7) is -0.141. The SMILES string of the molecule is CSc1ccc(/C=N/NC(=O)CNC(=O)c2ccc(Br)cc2)cc1. The number of carbonyl (C=O) groups excluding carboxylic acids is 2. The molecule has 2 N–H and O–H groups in total. The third-order valence-electron chi connectivity index (χ3n) is 3.03. The molecule has 0 aromatic heterocycles. The van der Waals surface area contributed by atoms with Crippen LogP contribution >= 0.6 is 27.7 Å². The first-order valence-electron chi connectivity index (χ1n) is 7.08. The molecule has 7 heteroatoms. The number of hydrogen-bond acceptors (Lipinski definition) is 4. The zero-order valence-electron chi connectivity index (χ0n) is 13.0. The first-order chi connectivity index (χ1) is 11.6. The zero-order valence-corrected chi connectivity index (χ0v) is 15.4. The number of nitrogens with one attached hydrogen (secondary N) is 2. The van der Waals surface area contributed by atoms with E-state index >= 15 is 0 Å². The second kappa shape index (κ2) is 9.24. The van der Waals surface area contributed by atoms with Gasteiger partial charge in [0, 0.05) is 14.9 Å². The molecule has 2 amide bonds. The molecule has 0 spiro atoms. The van der Waals surface area contributed by atoms with E-state index in [1.807, 2.05) is 30.5 Å². The molecule has 0 saturated heterocycles. The summed E-state index contributed by atoms with van der Waals surface area (Å²) in [6, 6.07) is 14.7. The Bertz CT molecular complexity index is 731. The first-order valence-corrected chi connectivity index (χ1v) is 9.10. The Kier molecular flexibility index (Phi) is 7.02. The molecule has 0 saturated carbocycles. The fourth-order valence-corrected chi connectivity index (χ4v) is 2.44. The molecule has 0 aliphatic rings. The molecule has 5 nitrogen and oxygen atoms in total. The molecule has 24 heavy (non-hydrogen) atoms. The molecule has 0 radical (unpaired) electrons. The molecule has 0 aliphatic heterocycles. The Morgan fingerprint density at radius 2 is 1.79 bits per heavy atom. The van der Waals surface area contributed by atoms with Crippen molar-refractivity contribution in [2.24, 2.45) is 5.10 Å². The fraction of sp³-hybridized carbons (Fsp3) is 0.118. The van der Waals surface area contributed by atoms with Gasteiger partial charge in [-0.3, -0.25) is 9.59 Å². The summed E-state index contributed by atoms with van der Waals surface area (Å²) in [5.41, 5.74) is 3.75. The summed E-state index contributed by atoms with van der Waals surface area (Å²) in [7, 11) is 0. The van der Waals surface area contributed by atoms with Crippen molar-refractivity contribution in [2.45, 2.75) is 4.90 Å². The van der Waals surface area contributed by atoms with Gasteiger partial charge in [-0.15, -0.1) is 11.8 Å². The Morgan fingerprint density at radius 3 is 2.42 bits per heavy atom. The predicted octanol–water partition coefficient (Wildman–Crippen LogP) is 3.05. The lowest BCUT2D eigenvalue weighted by atomic mass is 10.2. The van der Waals surface area contributed by atoms with Crippen LogP contribution in [-0.2, 0) is 4.79 Å². The molecular formula is C17H16BrN3O2S. The van der Waals surface area contributed by atoms with Crippen molar-refractivity contribution >= 4 is 45.7 Å². The van der Waals surface area contributed by atoms with Gasteiger partial charge in [0.1, 0.15) is 0 Å². The summed E-state index contributed by atoms with van der Waals surface area (Å²) in [5, 5.41) is 6.41. The number of halogens is 1. The van der Waals surface area contributed by atoms with Crippen molar-refractivity contribution in [1.82, 2.24) is 10.7 Å². The predicted molar refractivity (Wildman–Crippen MR) is 100 cm³/mol. The van der Waals surface area contributed by atoms with Crippen LogP contribution in [0.5, 0.6) is 0 Å². The van der Waals surface area contributed by atoms with Gasteiger partial charge in [-0.2, -0.15) is 5.10 Å². The second-order valence-corrected chi connectivity index (χ2v) is 6.55. The molecule has 2 aromatic carbocycles. The number of hydrazone groups is 1. The van der Waals surface area contributed by atoms with E-state index in [1.165, 1.54) is 0 Å². The topological polar surface area (TPSA) is 70.6 Å². The van der Waals surface area contributed by atoms with Crippen LogP contribution < -0.4 is 10.7 Å². The van der Waals surface area contributed by atoms with E-state index in [9.17, 15) is 9.59 Å². The maximum absolute atomic E-state index is 11.9. The molecule has 2 aromatic rings. The lowest BCUT2D eigenvalue weighted by Gasteiger charge is -2.04. The third-order valence-corrected chi connectivity index (χ3v) is 4.31. The maximum atomic E-state index is 11.9. The number of carbonyl (C=O) groups is 2. The third kappa shape index (κ3) is 5.82. The van der Waals surface area contributed by atoms with E-state index in [1.54, 1.807) is 42.2 Å². The minimum atomic E-state index is -0.391. The summed E-state index contributed by atoms with van der Waals surface area (Å²) >= 11 is 4.96. The first kappa shape index (κ1) is 18.2. The highest BCUT2D eigenvalue weighted by Gasteiger charge is 2.07. The number of nitrogens with zero attached hydrogens (tertiary/aromatic N) is 1. The minimum Gasteiger partial charge on any atom is -0.343 e. The number of thioether (sulfide) groups is 1. The summed E-state index contributed by atoms with van der Waals surface area (Å²) in [4.78, 5) is 24.7. The molecule has 0 heterocycles. The van der Waals surface area contributed by atoms with Gasteiger partial charge in [0.2, 0.25) is 0 Å². The van der Waals surface area contributed by atoms with Crippen LogP contribution in [0.3, 0.4) is 0 Å². The minimum absolute atomic E-state index is 0.141. The Morgan fingerprint density at radius 1 is 1.12 bits per heavy atom. The van der Waals surface area contributed by atoms with Gasteiger partial charge in [0.15, 0.2) is 0 Å². The second-order valence-electron chi connectivity index (χ2n) is 4.76. The molecular weight excluding hydrogens is 390 g/mol. The molecule has 0 atom stereocenters. The average molecular weight is 406 g/mol. The van der Waals surface area contributed by atoms with Crippen LogP contribution in [0.15, 0.2) is 63.0 Å². The van der Waals surface area contributed by atoms with E-state index < -0.39 is 5.91 Å². The average Bonchev–Trinajstić information content (AvgIpc) is 2.61. The summed E-state index contributed by atoms with van der Waals surface area (Å²) in [5.74, 6) is -0.702. The highest BCUT2D eigenvalue weighted by molar-refractivity contribution is 9.10. The lowest BCUT2D eigenvalue weighted by molar-refractivity contribution is -0.120. The molecule has 0 bridgehead atoms. The Hall–Kier alpha value is -2.12. The van der Waals surface area contributed by atoms with Gasteiger partial charge >= 0.3 is 0 Å². The fourth-order valence-electron chi connectivity index (χ4n) is 1.77. The van der Waals surface area contributed by atoms with Crippen molar-refractivity contribution in [3.63, 3.8) is 0 Å². The standard InChI is InChI=1S/C17H16BrN3O2S/c1-24-15-8-2-12(3-9-15)10-20-21-16(22)11-19-17(23)13-4-6-14(18)7-5-13/h2-10H,11H2,1H3,(H,19,23)(H,21,22)/b20-10+. The van der Waals surface area contributed by atoms with Crippen molar-refractivity contribution in [3.05, 3.63) is 64.1 Å². The van der Waals surface area contributed by atoms with Crippen LogP contribution in [0.25, 0.3) is 0 Å². The smallest absolute Gasteiger partial charge is 0.259 e. The van der Waals surface area contributed by atoms with Gasteiger partial charge in [0.25, 0.3) is 11.8 Å². The van der Waals surface area contributed by atoms with Crippen molar-refractivity contribution in [2.75, 3.05) is 12.8 Å².